The quantitative estimate of drug-likeness (QED) is 0.719. The van der Waals surface area contributed by atoms with Crippen LogP contribution in [0.4, 0.5) is 11.5 Å². The fraction of sp³-hybridized carbons (Fsp3) is 0.400. The molecule has 0 aliphatic carbocycles. The molecule has 8 nitrogen and oxygen atoms in total. The zero-order valence-electron chi connectivity index (χ0n) is 16.2. The van der Waals surface area contributed by atoms with Crippen LogP contribution in [0.5, 0.6) is 11.5 Å². The number of carbonyl (C=O) groups is 1. The summed E-state index contributed by atoms with van der Waals surface area (Å²) in [6, 6.07) is 8.77. The van der Waals surface area contributed by atoms with Crippen molar-refractivity contribution in [3.63, 3.8) is 0 Å². The predicted molar refractivity (Wildman–Crippen MR) is 107 cm³/mol. The minimum Gasteiger partial charge on any atom is -0.493 e. The molecule has 0 unspecified atom stereocenters. The maximum absolute atomic E-state index is 12.4. The van der Waals surface area contributed by atoms with Crippen molar-refractivity contribution in [3.05, 3.63) is 42.1 Å². The number of carbonyl (C=O) groups excluding carboxylic acids is 1. The normalized spacial score (nSPS) is 14.4. The molecule has 1 saturated heterocycles. The molecule has 8 heteroatoms. The van der Waals surface area contributed by atoms with E-state index in [-0.39, 0.29) is 5.91 Å². The van der Waals surface area contributed by atoms with E-state index in [4.69, 9.17) is 14.2 Å². The molecule has 1 aromatic carbocycles. The van der Waals surface area contributed by atoms with Gasteiger partial charge in [0, 0.05) is 44.1 Å². The summed E-state index contributed by atoms with van der Waals surface area (Å²) < 4.78 is 15.8. The van der Waals surface area contributed by atoms with Crippen LogP contribution in [0, 0.1) is 0 Å². The highest BCUT2D eigenvalue weighted by atomic mass is 16.5. The molecule has 0 spiro atoms. The van der Waals surface area contributed by atoms with Crippen LogP contribution >= 0.6 is 0 Å². The number of methoxy groups -OCH3 is 2. The number of aromatic nitrogens is 1. The summed E-state index contributed by atoms with van der Waals surface area (Å²) in [5, 5.41) is 6.12. The molecule has 1 fully saturated rings. The Morgan fingerprint density at radius 1 is 1.14 bits per heavy atom. The first-order valence-electron chi connectivity index (χ1n) is 9.23. The number of nitrogens with zero attached hydrogens (tertiary/aromatic N) is 2. The molecular weight excluding hydrogens is 360 g/mol. The van der Waals surface area contributed by atoms with Gasteiger partial charge in [0.15, 0.2) is 11.5 Å². The molecule has 1 amide bonds. The van der Waals surface area contributed by atoms with Gasteiger partial charge >= 0.3 is 0 Å². The number of nitrogens with one attached hydrogen (secondary N) is 2. The van der Waals surface area contributed by atoms with E-state index >= 15 is 0 Å². The van der Waals surface area contributed by atoms with E-state index in [1.54, 1.807) is 44.7 Å². The molecule has 2 N–H and O–H groups in total. The van der Waals surface area contributed by atoms with Crippen LogP contribution in [-0.2, 0) is 4.74 Å². The molecule has 3 rings (SSSR count). The average molecular weight is 386 g/mol. The number of amides is 1. The van der Waals surface area contributed by atoms with Crippen molar-refractivity contribution in [3.8, 4) is 11.5 Å². The summed E-state index contributed by atoms with van der Waals surface area (Å²) >= 11 is 0. The highest BCUT2D eigenvalue weighted by Crippen LogP contribution is 2.29. The Morgan fingerprint density at radius 2 is 1.93 bits per heavy atom. The van der Waals surface area contributed by atoms with Gasteiger partial charge in [-0.2, -0.15) is 0 Å². The van der Waals surface area contributed by atoms with Crippen molar-refractivity contribution in [1.82, 2.24) is 9.88 Å². The van der Waals surface area contributed by atoms with Gasteiger partial charge in [0.2, 0.25) is 0 Å². The van der Waals surface area contributed by atoms with Crippen molar-refractivity contribution in [2.75, 3.05) is 64.2 Å². The standard InChI is InChI=1S/C20H26N4O4/c1-26-17-5-4-16(13-18(17)27-2)23-20(25)15-3-6-19(22-14-15)21-7-8-24-9-11-28-12-10-24/h3-6,13-14H,7-12H2,1-2H3,(H,21,22)(H,23,25). The average Bonchev–Trinajstić information content (AvgIpc) is 2.75. The van der Waals surface area contributed by atoms with Crippen molar-refractivity contribution in [2.24, 2.45) is 0 Å². The van der Waals surface area contributed by atoms with Crippen LogP contribution in [0.2, 0.25) is 0 Å². The first kappa shape index (κ1) is 19.9. The Kier molecular flexibility index (Phi) is 7.05. The van der Waals surface area contributed by atoms with Gasteiger partial charge < -0.3 is 24.8 Å². The summed E-state index contributed by atoms with van der Waals surface area (Å²) in [4.78, 5) is 19.1. The first-order chi connectivity index (χ1) is 13.7. The Morgan fingerprint density at radius 3 is 2.61 bits per heavy atom. The van der Waals surface area contributed by atoms with Crippen molar-refractivity contribution >= 4 is 17.4 Å². The molecule has 1 aromatic heterocycles. The SMILES string of the molecule is COc1ccc(NC(=O)c2ccc(NCCN3CCOCC3)nc2)cc1OC. The van der Waals surface area contributed by atoms with Crippen LogP contribution < -0.4 is 20.1 Å². The van der Waals surface area contributed by atoms with Crippen molar-refractivity contribution in [1.29, 1.82) is 0 Å². The van der Waals surface area contributed by atoms with Gasteiger partial charge in [-0.1, -0.05) is 0 Å². The highest BCUT2D eigenvalue weighted by Gasteiger charge is 2.11. The molecule has 1 aliphatic heterocycles. The number of rotatable bonds is 8. The Bertz CT molecular complexity index is 776. The number of hydrogen-bond acceptors (Lipinski definition) is 7. The monoisotopic (exact) mass is 386 g/mol. The molecule has 0 saturated carbocycles. The van der Waals surface area contributed by atoms with Crippen molar-refractivity contribution in [2.45, 2.75) is 0 Å². The number of ether oxygens (including phenoxy) is 3. The van der Waals surface area contributed by atoms with E-state index in [1.165, 1.54) is 0 Å². The van der Waals surface area contributed by atoms with E-state index < -0.39 is 0 Å². The zero-order valence-corrected chi connectivity index (χ0v) is 16.2. The molecule has 28 heavy (non-hydrogen) atoms. The molecule has 0 bridgehead atoms. The van der Waals surface area contributed by atoms with Gasteiger partial charge in [-0.25, -0.2) is 4.98 Å². The molecule has 2 aromatic rings. The van der Waals surface area contributed by atoms with E-state index in [1.807, 2.05) is 6.07 Å². The van der Waals surface area contributed by atoms with Crippen LogP contribution in [0.3, 0.4) is 0 Å². The molecule has 1 aliphatic rings. The molecule has 0 radical (unpaired) electrons. The van der Waals surface area contributed by atoms with Gasteiger partial charge in [-0.15, -0.1) is 0 Å². The van der Waals surface area contributed by atoms with Gasteiger partial charge in [0.1, 0.15) is 5.82 Å². The molecule has 150 valence electrons. The van der Waals surface area contributed by atoms with E-state index in [2.05, 4.69) is 20.5 Å². The van der Waals surface area contributed by atoms with Crippen LogP contribution in [0.15, 0.2) is 36.5 Å². The van der Waals surface area contributed by atoms with Crippen molar-refractivity contribution < 1.29 is 19.0 Å². The fourth-order valence-corrected chi connectivity index (χ4v) is 2.92. The Hall–Kier alpha value is -2.84. The van der Waals surface area contributed by atoms with Gasteiger partial charge in [0.05, 0.1) is 33.0 Å². The second-order valence-electron chi connectivity index (χ2n) is 6.34. The number of hydrogen-bond donors (Lipinski definition) is 2. The maximum Gasteiger partial charge on any atom is 0.257 e. The molecular formula is C20H26N4O4. The smallest absolute Gasteiger partial charge is 0.257 e. The third-order valence-corrected chi connectivity index (χ3v) is 4.50. The summed E-state index contributed by atoms with van der Waals surface area (Å²) in [6.45, 7) is 5.25. The van der Waals surface area contributed by atoms with E-state index in [0.717, 1.165) is 45.2 Å². The van der Waals surface area contributed by atoms with E-state index in [0.29, 0.717) is 22.7 Å². The molecule has 2 heterocycles. The third-order valence-electron chi connectivity index (χ3n) is 4.50. The second-order valence-corrected chi connectivity index (χ2v) is 6.34. The lowest BCUT2D eigenvalue weighted by Crippen LogP contribution is -2.39. The number of anilines is 2. The highest BCUT2D eigenvalue weighted by molar-refractivity contribution is 6.04. The van der Waals surface area contributed by atoms with Gasteiger partial charge in [-0.05, 0) is 24.3 Å². The topological polar surface area (TPSA) is 85.0 Å². The summed E-state index contributed by atoms with van der Waals surface area (Å²) in [5.74, 6) is 1.67. The van der Waals surface area contributed by atoms with Crippen LogP contribution in [0.25, 0.3) is 0 Å². The minimum atomic E-state index is -0.236. The largest absolute Gasteiger partial charge is 0.493 e. The van der Waals surface area contributed by atoms with Gasteiger partial charge in [-0.3, -0.25) is 9.69 Å². The zero-order chi connectivity index (χ0) is 19.8. The van der Waals surface area contributed by atoms with Crippen LogP contribution in [-0.4, -0.2) is 69.4 Å². The second kappa shape index (κ2) is 9.91. The lowest BCUT2D eigenvalue weighted by Gasteiger charge is -2.26. The van der Waals surface area contributed by atoms with E-state index in [9.17, 15) is 4.79 Å². The minimum absolute atomic E-state index is 0.236. The Balaban J connectivity index is 1.51. The number of morpholine rings is 1. The maximum atomic E-state index is 12.4. The molecule has 0 atom stereocenters. The van der Waals surface area contributed by atoms with Crippen LogP contribution in [0.1, 0.15) is 10.4 Å². The lowest BCUT2D eigenvalue weighted by molar-refractivity contribution is 0.0398. The number of pyridine rings is 1. The number of benzene rings is 1. The van der Waals surface area contributed by atoms with Gasteiger partial charge in [0.25, 0.3) is 5.91 Å². The Labute approximate surface area is 164 Å². The summed E-state index contributed by atoms with van der Waals surface area (Å²) in [6.07, 6.45) is 1.56. The predicted octanol–water partition coefficient (Wildman–Crippen LogP) is 2.10. The summed E-state index contributed by atoms with van der Waals surface area (Å²) in [7, 11) is 3.12. The third kappa shape index (κ3) is 5.34. The fourth-order valence-electron chi connectivity index (χ4n) is 2.92. The first-order valence-corrected chi connectivity index (χ1v) is 9.23. The summed E-state index contributed by atoms with van der Waals surface area (Å²) in [5.41, 5.74) is 1.10. The lowest BCUT2D eigenvalue weighted by atomic mass is 10.2.